The number of hydrogen-bond acceptors (Lipinski definition) is 5. The highest BCUT2D eigenvalue weighted by molar-refractivity contribution is 5.99. The molecule has 0 amide bonds. The van der Waals surface area contributed by atoms with E-state index in [1.807, 2.05) is 12.1 Å². The van der Waals surface area contributed by atoms with Gasteiger partial charge in [-0.15, -0.1) is 0 Å². The number of para-hydroxylation sites is 1. The van der Waals surface area contributed by atoms with Gasteiger partial charge in [0.1, 0.15) is 0 Å². The van der Waals surface area contributed by atoms with Gasteiger partial charge in [0.05, 0.1) is 15.8 Å². The minimum atomic E-state index is -0.379. The molecule has 128 valence electrons. The molecule has 26 heavy (non-hydrogen) atoms. The molecule has 0 aliphatic heterocycles. The van der Waals surface area contributed by atoms with E-state index in [1.54, 1.807) is 24.5 Å². The highest BCUT2D eigenvalue weighted by atomic mass is 16.6. The number of nitro benzene ring substituents is 1. The monoisotopic (exact) mass is 344 g/mol. The average molecular weight is 344 g/mol. The molecule has 2 heterocycles. The molecule has 0 unspecified atom stereocenters. The Morgan fingerprint density at radius 1 is 1.00 bits per heavy atom. The maximum atomic E-state index is 11.2. The van der Waals surface area contributed by atoms with Crippen LogP contribution in [0, 0.1) is 10.1 Å². The van der Waals surface area contributed by atoms with Crippen molar-refractivity contribution in [1.29, 1.82) is 0 Å². The predicted octanol–water partition coefficient (Wildman–Crippen LogP) is 4.35. The molecule has 0 atom stereocenters. The second-order valence-electron chi connectivity index (χ2n) is 5.98. The van der Waals surface area contributed by atoms with Crippen molar-refractivity contribution in [2.45, 2.75) is 6.42 Å². The number of fused-ring (bicyclic) bond motifs is 2. The van der Waals surface area contributed by atoms with E-state index in [-0.39, 0.29) is 10.6 Å². The molecule has 0 aliphatic rings. The van der Waals surface area contributed by atoms with Crippen molar-refractivity contribution in [3.8, 4) is 0 Å². The number of rotatable bonds is 5. The van der Waals surface area contributed by atoms with Crippen molar-refractivity contribution in [1.82, 2.24) is 9.97 Å². The van der Waals surface area contributed by atoms with Crippen LogP contribution in [0.4, 0.5) is 11.4 Å². The fourth-order valence-corrected chi connectivity index (χ4v) is 3.19. The lowest BCUT2D eigenvalue weighted by molar-refractivity contribution is -0.383. The summed E-state index contributed by atoms with van der Waals surface area (Å²) in [4.78, 5) is 19.3. The third kappa shape index (κ3) is 2.93. The van der Waals surface area contributed by atoms with Crippen molar-refractivity contribution < 1.29 is 4.92 Å². The number of benzene rings is 2. The van der Waals surface area contributed by atoms with Gasteiger partial charge in [-0.1, -0.05) is 24.3 Å². The number of hydrogen-bond donors (Lipinski definition) is 1. The highest BCUT2D eigenvalue weighted by Gasteiger charge is 2.14. The Balaban J connectivity index is 1.59. The Morgan fingerprint density at radius 2 is 1.88 bits per heavy atom. The van der Waals surface area contributed by atoms with Crippen molar-refractivity contribution in [3.63, 3.8) is 0 Å². The third-order valence-corrected chi connectivity index (χ3v) is 4.42. The Kier molecular flexibility index (Phi) is 4.15. The molecule has 6 nitrogen and oxygen atoms in total. The first-order valence-corrected chi connectivity index (χ1v) is 8.31. The van der Waals surface area contributed by atoms with Gasteiger partial charge >= 0.3 is 0 Å². The third-order valence-electron chi connectivity index (χ3n) is 4.42. The van der Waals surface area contributed by atoms with Crippen LogP contribution in [-0.2, 0) is 6.42 Å². The quantitative estimate of drug-likeness (QED) is 0.430. The van der Waals surface area contributed by atoms with E-state index in [2.05, 4.69) is 33.5 Å². The zero-order valence-corrected chi connectivity index (χ0v) is 13.9. The first kappa shape index (κ1) is 16.0. The molecule has 2 aromatic heterocycles. The summed E-state index contributed by atoms with van der Waals surface area (Å²) in [7, 11) is 0. The lowest BCUT2D eigenvalue weighted by Gasteiger charge is -2.11. The zero-order valence-electron chi connectivity index (χ0n) is 13.9. The number of nitrogens with zero attached hydrogens (tertiary/aromatic N) is 3. The second-order valence-corrected chi connectivity index (χ2v) is 5.98. The maximum Gasteiger partial charge on any atom is 0.278 e. The van der Waals surface area contributed by atoms with Crippen molar-refractivity contribution >= 4 is 33.1 Å². The van der Waals surface area contributed by atoms with Gasteiger partial charge in [0, 0.05) is 47.7 Å². The standard InChI is InChI=1S/C20H16N4O2/c25-24(26)19-7-6-18(16-9-11-21-13-17(16)19)22-12-8-15-4-1-3-14-5-2-10-23-20(14)15/h1-7,9-11,13,22H,8,12H2. The van der Waals surface area contributed by atoms with Crippen molar-refractivity contribution in [3.05, 3.63) is 82.8 Å². The minimum Gasteiger partial charge on any atom is -0.384 e. The molecule has 0 radical (unpaired) electrons. The van der Waals surface area contributed by atoms with Crippen molar-refractivity contribution in [2.24, 2.45) is 0 Å². The second kappa shape index (κ2) is 6.76. The molecule has 0 fully saturated rings. The normalized spacial score (nSPS) is 10.9. The predicted molar refractivity (Wildman–Crippen MR) is 102 cm³/mol. The van der Waals surface area contributed by atoms with E-state index in [4.69, 9.17) is 0 Å². The van der Waals surface area contributed by atoms with Gasteiger partial charge in [0.15, 0.2) is 0 Å². The van der Waals surface area contributed by atoms with E-state index in [0.717, 1.165) is 28.4 Å². The molecule has 4 aromatic rings. The van der Waals surface area contributed by atoms with E-state index in [0.29, 0.717) is 11.9 Å². The summed E-state index contributed by atoms with van der Waals surface area (Å²) in [6.07, 6.45) is 5.78. The van der Waals surface area contributed by atoms with Crippen LogP contribution in [0.2, 0.25) is 0 Å². The molecule has 0 spiro atoms. The number of anilines is 1. The van der Waals surface area contributed by atoms with Gasteiger partial charge in [0.25, 0.3) is 5.69 Å². The van der Waals surface area contributed by atoms with Crippen LogP contribution in [0.1, 0.15) is 5.56 Å². The summed E-state index contributed by atoms with van der Waals surface area (Å²) in [5, 5.41) is 17.0. The minimum absolute atomic E-state index is 0.0666. The van der Waals surface area contributed by atoms with Gasteiger partial charge < -0.3 is 5.32 Å². The first-order chi connectivity index (χ1) is 12.7. The number of non-ortho nitro benzene ring substituents is 1. The van der Waals surface area contributed by atoms with Gasteiger partial charge in [0.2, 0.25) is 0 Å². The lowest BCUT2D eigenvalue weighted by Crippen LogP contribution is -2.06. The van der Waals surface area contributed by atoms with E-state index < -0.39 is 0 Å². The molecule has 1 N–H and O–H groups in total. The van der Waals surface area contributed by atoms with Gasteiger partial charge in [-0.2, -0.15) is 0 Å². The molecule has 4 rings (SSSR count). The Morgan fingerprint density at radius 3 is 2.77 bits per heavy atom. The van der Waals surface area contributed by atoms with Gasteiger partial charge in [-0.3, -0.25) is 20.1 Å². The largest absolute Gasteiger partial charge is 0.384 e. The number of nitro groups is 1. The number of pyridine rings is 2. The molecule has 2 aromatic carbocycles. The molecule has 6 heteroatoms. The molecular formula is C20H16N4O2. The molecule has 0 bridgehead atoms. The first-order valence-electron chi connectivity index (χ1n) is 8.31. The molecular weight excluding hydrogens is 328 g/mol. The van der Waals surface area contributed by atoms with Gasteiger partial charge in [-0.25, -0.2) is 0 Å². The summed E-state index contributed by atoms with van der Waals surface area (Å²) >= 11 is 0. The Labute approximate surface area is 149 Å². The average Bonchev–Trinajstić information content (AvgIpc) is 2.68. The summed E-state index contributed by atoms with van der Waals surface area (Å²) < 4.78 is 0. The fourth-order valence-electron chi connectivity index (χ4n) is 3.19. The summed E-state index contributed by atoms with van der Waals surface area (Å²) in [5.74, 6) is 0. The van der Waals surface area contributed by atoms with Gasteiger partial charge in [-0.05, 0) is 30.2 Å². The van der Waals surface area contributed by atoms with Crippen LogP contribution in [0.3, 0.4) is 0 Å². The fraction of sp³-hybridized carbons (Fsp3) is 0.100. The van der Waals surface area contributed by atoms with E-state index >= 15 is 0 Å². The smallest absolute Gasteiger partial charge is 0.278 e. The van der Waals surface area contributed by atoms with Crippen LogP contribution in [-0.4, -0.2) is 21.4 Å². The number of nitrogens with one attached hydrogen (secondary N) is 1. The molecule has 0 saturated carbocycles. The Hall–Kier alpha value is -3.54. The lowest BCUT2D eigenvalue weighted by atomic mass is 10.1. The van der Waals surface area contributed by atoms with Crippen molar-refractivity contribution in [2.75, 3.05) is 11.9 Å². The molecule has 0 saturated heterocycles. The highest BCUT2D eigenvalue weighted by Crippen LogP contribution is 2.30. The van der Waals surface area contributed by atoms with Crippen LogP contribution in [0.5, 0.6) is 0 Å². The van der Waals surface area contributed by atoms with Crippen LogP contribution in [0.15, 0.2) is 67.1 Å². The maximum absolute atomic E-state index is 11.2. The van der Waals surface area contributed by atoms with E-state index in [9.17, 15) is 10.1 Å². The van der Waals surface area contributed by atoms with Crippen LogP contribution < -0.4 is 5.32 Å². The molecule has 0 aliphatic carbocycles. The SMILES string of the molecule is O=[N+]([O-])c1ccc(NCCc2cccc3cccnc23)c2ccncc12. The Bertz CT molecular complexity index is 1110. The number of aromatic nitrogens is 2. The summed E-state index contributed by atoms with van der Waals surface area (Å²) in [6.45, 7) is 0.699. The topological polar surface area (TPSA) is 81.0 Å². The van der Waals surface area contributed by atoms with Crippen LogP contribution >= 0.6 is 0 Å². The zero-order chi connectivity index (χ0) is 17.9. The van der Waals surface area contributed by atoms with E-state index in [1.165, 1.54) is 17.8 Å². The summed E-state index contributed by atoms with van der Waals surface area (Å²) in [5.41, 5.74) is 3.11. The summed E-state index contributed by atoms with van der Waals surface area (Å²) in [6, 6.07) is 15.2. The van der Waals surface area contributed by atoms with Crippen LogP contribution in [0.25, 0.3) is 21.7 Å².